The fourth-order valence-electron chi connectivity index (χ4n) is 3.74. The summed E-state index contributed by atoms with van der Waals surface area (Å²) in [6.07, 6.45) is 1.61. The van der Waals surface area contributed by atoms with Crippen LogP contribution in [-0.4, -0.2) is 32.8 Å². The summed E-state index contributed by atoms with van der Waals surface area (Å²) in [6.45, 7) is 1.84. The summed E-state index contributed by atoms with van der Waals surface area (Å²) >= 11 is 0. The maximum atomic E-state index is 12.9. The molecule has 3 aromatic carbocycles. The quantitative estimate of drug-likeness (QED) is 0.311. The van der Waals surface area contributed by atoms with Crippen LogP contribution in [0.4, 0.5) is 0 Å². The lowest BCUT2D eigenvalue weighted by Gasteiger charge is -2.10. The molecule has 0 aromatic heterocycles. The number of allylic oxidation sites excluding steroid dienone is 1. The molecule has 0 N–H and O–H groups in total. The molecule has 0 atom stereocenters. The molecule has 3 aromatic rings. The largest absolute Gasteiger partial charge is 0.497 e. The first-order valence-corrected chi connectivity index (χ1v) is 10.4. The number of fused-ring (bicyclic) bond motifs is 2. The lowest BCUT2D eigenvalue weighted by atomic mass is 10.1. The molecule has 0 spiro atoms. The number of carbonyl (C=O) groups excluding carboxylic acids is 2. The first kappa shape index (κ1) is 21.4. The molecule has 172 valence electrons. The van der Waals surface area contributed by atoms with Crippen LogP contribution in [-0.2, 0) is 0 Å². The highest BCUT2D eigenvalue weighted by Gasteiger charge is 2.31. The van der Waals surface area contributed by atoms with Crippen LogP contribution in [0.2, 0.25) is 0 Å². The van der Waals surface area contributed by atoms with Crippen molar-refractivity contribution in [2.75, 3.05) is 21.0 Å². The van der Waals surface area contributed by atoms with Gasteiger partial charge in [0.15, 0.2) is 17.3 Å². The second-order valence-electron chi connectivity index (χ2n) is 7.57. The average Bonchev–Trinajstić information content (AvgIpc) is 3.45. The third-order valence-electron chi connectivity index (χ3n) is 5.57. The van der Waals surface area contributed by atoms with Crippen molar-refractivity contribution in [3.8, 4) is 34.5 Å². The van der Waals surface area contributed by atoms with E-state index in [2.05, 4.69) is 0 Å². The molecule has 5 rings (SSSR count). The highest BCUT2D eigenvalue weighted by atomic mass is 16.7. The standard InChI is InChI=1S/C26H20O8/c1-14-19(34-26(28)16-5-8-20-22(11-16)32-13-31-20)9-7-18-24(27)23(33-25(14)18)10-15-4-6-17(29-2)12-21(15)30-3/h4-12H,13H2,1-3H3/b23-10-. The lowest BCUT2D eigenvalue weighted by Crippen LogP contribution is -2.09. The van der Waals surface area contributed by atoms with E-state index in [1.165, 1.54) is 7.11 Å². The van der Waals surface area contributed by atoms with Crippen LogP contribution >= 0.6 is 0 Å². The van der Waals surface area contributed by atoms with E-state index in [0.29, 0.717) is 51.0 Å². The summed E-state index contributed by atoms with van der Waals surface area (Å²) in [5, 5.41) is 0. The maximum Gasteiger partial charge on any atom is 0.343 e. The third kappa shape index (κ3) is 3.69. The Balaban J connectivity index is 1.40. The van der Waals surface area contributed by atoms with Gasteiger partial charge in [0.05, 0.1) is 25.3 Å². The molecule has 0 amide bonds. The van der Waals surface area contributed by atoms with E-state index in [-0.39, 0.29) is 24.1 Å². The van der Waals surface area contributed by atoms with Crippen molar-refractivity contribution in [3.63, 3.8) is 0 Å². The van der Waals surface area contributed by atoms with Crippen molar-refractivity contribution >= 4 is 17.8 Å². The van der Waals surface area contributed by atoms with Crippen molar-refractivity contribution in [1.29, 1.82) is 0 Å². The van der Waals surface area contributed by atoms with Gasteiger partial charge in [-0.15, -0.1) is 0 Å². The third-order valence-corrected chi connectivity index (χ3v) is 5.57. The van der Waals surface area contributed by atoms with E-state index >= 15 is 0 Å². The minimum absolute atomic E-state index is 0.112. The Morgan fingerprint density at radius 1 is 0.941 bits per heavy atom. The number of Topliss-reactive ketones (excluding diaryl/α,β-unsaturated/α-hetero) is 1. The number of carbonyl (C=O) groups is 2. The van der Waals surface area contributed by atoms with Crippen LogP contribution in [0.25, 0.3) is 6.08 Å². The first-order chi connectivity index (χ1) is 16.5. The number of hydrogen-bond donors (Lipinski definition) is 0. The molecule has 8 nitrogen and oxygen atoms in total. The predicted octanol–water partition coefficient (Wildman–Crippen LogP) is 4.58. The normalized spacial score (nSPS) is 14.6. The number of rotatable bonds is 5. The topological polar surface area (TPSA) is 89.5 Å². The Morgan fingerprint density at radius 2 is 1.76 bits per heavy atom. The smallest absolute Gasteiger partial charge is 0.343 e. The number of methoxy groups -OCH3 is 2. The Kier molecular flexibility index (Phi) is 5.33. The minimum atomic E-state index is -0.565. The monoisotopic (exact) mass is 460 g/mol. The van der Waals surface area contributed by atoms with E-state index in [9.17, 15) is 9.59 Å². The zero-order chi connectivity index (χ0) is 23.8. The molecule has 0 unspecified atom stereocenters. The molecule has 2 heterocycles. The lowest BCUT2D eigenvalue weighted by molar-refractivity contribution is 0.0732. The second-order valence-corrected chi connectivity index (χ2v) is 7.57. The molecule has 0 radical (unpaired) electrons. The van der Waals surface area contributed by atoms with Crippen molar-refractivity contribution in [3.05, 3.63) is 76.5 Å². The number of ketones is 1. The molecule has 34 heavy (non-hydrogen) atoms. The van der Waals surface area contributed by atoms with Gasteiger partial charge in [-0.2, -0.15) is 0 Å². The summed E-state index contributed by atoms with van der Waals surface area (Å²) < 4.78 is 32.7. The van der Waals surface area contributed by atoms with Crippen LogP contribution in [0.5, 0.6) is 34.5 Å². The van der Waals surface area contributed by atoms with Gasteiger partial charge in [-0.25, -0.2) is 4.79 Å². The van der Waals surface area contributed by atoms with Gasteiger partial charge in [-0.3, -0.25) is 4.79 Å². The first-order valence-electron chi connectivity index (χ1n) is 10.4. The molecule has 8 heteroatoms. The molecular weight excluding hydrogens is 440 g/mol. The number of benzene rings is 3. The van der Waals surface area contributed by atoms with Crippen LogP contribution in [0.3, 0.4) is 0 Å². The number of hydrogen-bond acceptors (Lipinski definition) is 8. The van der Waals surface area contributed by atoms with Gasteiger partial charge < -0.3 is 28.4 Å². The fraction of sp³-hybridized carbons (Fsp3) is 0.154. The summed E-state index contributed by atoms with van der Waals surface area (Å²) in [6, 6.07) is 13.2. The van der Waals surface area contributed by atoms with Gasteiger partial charge in [-0.1, -0.05) is 0 Å². The Hall–Kier alpha value is -4.46. The Morgan fingerprint density at radius 3 is 2.56 bits per heavy atom. The Bertz CT molecular complexity index is 1360. The number of esters is 1. The zero-order valence-electron chi connectivity index (χ0n) is 18.7. The van der Waals surface area contributed by atoms with Gasteiger partial charge in [0, 0.05) is 17.2 Å². The molecule has 0 aliphatic carbocycles. The summed E-state index contributed by atoms with van der Waals surface area (Å²) in [4.78, 5) is 25.6. The van der Waals surface area contributed by atoms with Crippen LogP contribution in [0.1, 0.15) is 31.8 Å². The van der Waals surface area contributed by atoms with Crippen molar-refractivity contribution in [1.82, 2.24) is 0 Å². The van der Waals surface area contributed by atoms with E-state index in [4.69, 9.17) is 28.4 Å². The van der Waals surface area contributed by atoms with E-state index < -0.39 is 5.97 Å². The molecule has 2 aliphatic heterocycles. The highest BCUT2D eigenvalue weighted by Crippen LogP contribution is 2.40. The second kappa shape index (κ2) is 8.47. The molecule has 0 saturated heterocycles. The van der Waals surface area contributed by atoms with Crippen LogP contribution < -0.4 is 28.4 Å². The fourth-order valence-corrected chi connectivity index (χ4v) is 3.74. The minimum Gasteiger partial charge on any atom is -0.497 e. The van der Waals surface area contributed by atoms with Gasteiger partial charge in [0.1, 0.15) is 23.0 Å². The van der Waals surface area contributed by atoms with E-state index in [1.54, 1.807) is 68.6 Å². The van der Waals surface area contributed by atoms with Crippen molar-refractivity contribution in [2.24, 2.45) is 0 Å². The van der Waals surface area contributed by atoms with Gasteiger partial charge in [0.25, 0.3) is 0 Å². The van der Waals surface area contributed by atoms with Gasteiger partial charge in [0.2, 0.25) is 12.6 Å². The van der Waals surface area contributed by atoms with Crippen LogP contribution in [0, 0.1) is 6.92 Å². The van der Waals surface area contributed by atoms with Crippen molar-refractivity contribution < 1.29 is 38.0 Å². The molecular formula is C26H20O8. The van der Waals surface area contributed by atoms with Gasteiger partial charge >= 0.3 is 5.97 Å². The summed E-state index contributed by atoms with van der Waals surface area (Å²) in [7, 11) is 3.10. The predicted molar refractivity (Wildman–Crippen MR) is 121 cm³/mol. The highest BCUT2D eigenvalue weighted by molar-refractivity contribution is 6.15. The van der Waals surface area contributed by atoms with E-state index in [1.807, 2.05) is 0 Å². The maximum absolute atomic E-state index is 12.9. The summed E-state index contributed by atoms with van der Waals surface area (Å²) in [5.74, 6) is 2.16. The number of ether oxygens (including phenoxy) is 6. The zero-order valence-corrected chi connectivity index (χ0v) is 18.7. The van der Waals surface area contributed by atoms with Gasteiger partial charge in [-0.05, 0) is 55.5 Å². The SMILES string of the molecule is COc1ccc(/C=C2\Oc3c(ccc(OC(=O)c4ccc5c(c4)OCO5)c3C)C2=O)c(OC)c1. The Labute approximate surface area is 195 Å². The molecule has 2 aliphatic rings. The van der Waals surface area contributed by atoms with Crippen molar-refractivity contribution in [2.45, 2.75) is 6.92 Å². The van der Waals surface area contributed by atoms with Crippen LogP contribution in [0.15, 0.2) is 54.3 Å². The average molecular weight is 460 g/mol. The summed E-state index contributed by atoms with van der Waals surface area (Å²) in [5.41, 5.74) is 1.89. The van der Waals surface area contributed by atoms with E-state index in [0.717, 1.165) is 0 Å². The molecule has 0 bridgehead atoms. The molecule has 0 saturated carbocycles. The molecule has 0 fully saturated rings.